The first-order valence-electron chi connectivity index (χ1n) is 10.7. The number of nitrogens with zero attached hydrogens (tertiary/aromatic N) is 2. The highest BCUT2D eigenvalue weighted by Gasteiger charge is 2.28. The number of methoxy groups -OCH3 is 1. The van der Waals surface area contributed by atoms with Gasteiger partial charge in [-0.05, 0) is 47.9 Å². The average molecular weight is 460 g/mol. The molecule has 0 fully saturated rings. The van der Waals surface area contributed by atoms with Crippen LogP contribution in [0.4, 0.5) is 15.8 Å². The van der Waals surface area contributed by atoms with Gasteiger partial charge >= 0.3 is 0 Å². The Morgan fingerprint density at radius 2 is 2.00 bits per heavy atom. The van der Waals surface area contributed by atoms with Crippen molar-refractivity contribution in [3.63, 3.8) is 0 Å². The number of hydrogen-bond acceptors (Lipinski definition) is 6. The van der Waals surface area contributed by atoms with Gasteiger partial charge in [-0.15, -0.1) is 0 Å². The van der Waals surface area contributed by atoms with E-state index < -0.39 is 16.8 Å². The van der Waals surface area contributed by atoms with E-state index in [-0.39, 0.29) is 17.2 Å². The topological polar surface area (TPSA) is 104 Å². The molecule has 8 nitrogen and oxygen atoms in total. The van der Waals surface area contributed by atoms with Crippen LogP contribution in [0, 0.1) is 5.82 Å². The standard InChI is InChI=1S/C25H21FN4O4/c1-13(31)28-21-22(24(33)23(21)32)30-9-6-14(7-10-30)19-12-18-16(5-8-27-25(18)29-19)17-11-15(26)3-4-20(17)34-2/h3-6,8,11-12H,7,9-10H2,1-2H3,(H,27,29)(H,28,31). The average Bonchev–Trinajstić information content (AvgIpc) is 3.28. The molecule has 0 spiro atoms. The molecule has 1 amide bonds. The molecule has 0 bridgehead atoms. The van der Waals surface area contributed by atoms with Gasteiger partial charge in [-0.1, -0.05) is 6.08 Å². The van der Waals surface area contributed by atoms with Crippen molar-refractivity contribution in [2.75, 3.05) is 30.4 Å². The van der Waals surface area contributed by atoms with E-state index in [1.807, 2.05) is 18.2 Å². The third-order valence-corrected chi connectivity index (χ3v) is 6.04. The Labute approximate surface area is 193 Å². The molecule has 0 aliphatic carbocycles. The number of benzene rings is 1. The van der Waals surface area contributed by atoms with E-state index in [9.17, 15) is 18.8 Å². The second-order valence-corrected chi connectivity index (χ2v) is 8.14. The van der Waals surface area contributed by atoms with Crippen molar-refractivity contribution < 1.29 is 13.9 Å². The summed E-state index contributed by atoms with van der Waals surface area (Å²) in [6.45, 7) is 2.23. The van der Waals surface area contributed by atoms with Crippen molar-refractivity contribution in [1.82, 2.24) is 9.97 Å². The largest absolute Gasteiger partial charge is 0.496 e. The summed E-state index contributed by atoms with van der Waals surface area (Å²) in [4.78, 5) is 44.8. The molecule has 172 valence electrons. The van der Waals surface area contributed by atoms with Crippen LogP contribution in [0.25, 0.3) is 27.7 Å². The summed E-state index contributed by atoms with van der Waals surface area (Å²) in [6.07, 6.45) is 4.25. The minimum Gasteiger partial charge on any atom is -0.496 e. The maximum Gasteiger partial charge on any atom is 0.253 e. The number of H-pyrrole nitrogens is 1. The summed E-state index contributed by atoms with van der Waals surface area (Å²) in [5.41, 5.74) is 3.08. The number of nitrogens with one attached hydrogen (secondary N) is 2. The Kier molecular flexibility index (Phi) is 5.24. The second-order valence-electron chi connectivity index (χ2n) is 8.14. The minimum atomic E-state index is -0.665. The lowest BCUT2D eigenvalue weighted by Crippen LogP contribution is -2.44. The van der Waals surface area contributed by atoms with Gasteiger partial charge in [0.15, 0.2) is 0 Å². The summed E-state index contributed by atoms with van der Waals surface area (Å²) < 4.78 is 19.4. The second kappa shape index (κ2) is 8.26. The third-order valence-electron chi connectivity index (χ3n) is 6.04. The van der Waals surface area contributed by atoms with Crippen molar-refractivity contribution in [2.45, 2.75) is 13.3 Å². The van der Waals surface area contributed by atoms with Crippen LogP contribution >= 0.6 is 0 Å². The highest BCUT2D eigenvalue weighted by Crippen LogP contribution is 2.37. The lowest BCUT2D eigenvalue weighted by Gasteiger charge is -2.30. The number of halogens is 1. The van der Waals surface area contributed by atoms with Crippen LogP contribution in [0.3, 0.4) is 0 Å². The van der Waals surface area contributed by atoms with Crippen LogP contribution in [0.15, 0.2) is 52.2 Å². The fourth-order valence-electron chi connectivity index (χ4n) is 4.42. The van der Waals surface area contributed by atoms with E-state index in [0.29, 0.717) is 36.5 Å². The highest BCUT2D eigenvalue weighted by molar-refractivity contribution is 5.97. The minimum absolute atomic E-state index is 0.0674. The van der Waals surface area contributed by atoms with Gasteiger partial charge in [0, 0.05) is 42.9 Å². The molecular weight excluding hydrogens is 439 g/mol. The number of hydrogen-bond donors (Lipinski definition) is 2. The van der Waals surface area contributed by atoms with Gasteiger partial charge in [-0.2, -0.15) is 0 Å². The quantitative estimate of drug-likeness (QED) is 0.443. The summed E-state index contributed by atoms with van der Waals surface area (Å²) in [6, 6.07) is 8.19. The predicted molar refractivity (Wildman–Crippen MR) is 129 cm³/mol. The maximum atomic E-state index is 14.0. The molecule has 34 heavy (non-hydrogen) atoms. The molecule has 2 aromatic carbocycles. The molecule has 0 atom stereocenters. The van der Waals surface area contributed by atoms with E-state index in [1.165, 1.54) is 19.1 Å². The molecule has 0 saturated heterocycles. The molecule has 2 N–H and O–H groups in total. The van der Waals surface area contributed by atoms with Crippen LogP contribution in [-0.2, 0) is 4.79 Å². The van der Waals surface area contributed by atoms with Crippen LogP contribution < -0.4 is 25.8 Å². The number of anilines is 2. The van der Waals surface area contributed by atoms with Crippen molar-refractivity contribution in [3.8, 4) is 16.9 Å². The zero-order valence-electron chi connectivity index (χ0n) is 18.6. The van der Waals surface area contributed by atoms with Gasteiger partial charge in [0.1, 0.15) is 28.6 Å². The Bertz CT molecular complexity index is 1540. The van der Waals surface area contributed by atoms with Gasteiger partial charge in [0.25, 0.3) is 10.9 Å². The van der Waals surface area contributed by atoms with E-state index in [0.717, 1.165) is 22.2 Å². The fraction of sp³-hybridized carbons (Fsp3) is 0.200. The lowest BCUT2D eigenvalue weighted by atomic mass is 10.0. The molecule has 2 aromatic heterocycles. The van der Waals surface area contributed by atoms with E-state index in [4.69, 9.17) is 4.74 Å². The van der Waals surface area contributed by atoms with Crippen LogP contribution in [-0.4, -0.2) is 36.1 Å². The zero-order chi connectivity index (χ0) is 24.0. The van der Waals surface area contributed by atoms with Gasteiger partial charge in [-0.25, -0.2) is 9.37 Å². The number of rotatable bonds is 5. The van der Waals surface area contributed by atoms with Crippen LogP contribution in [0.5, 0.6) is 5.75 Å². The number of pyridine rings is 1. The SMILES string of the molecule is COc1ccc(F)cc1-c1ccnc2[nH]c(C3=CCN(c4c(NC(C)=O)c(=O)c4=O)CC3)cc12. The first-order chi connectivity index (χ1) is 16.4. The maximum absolute atomic E-state index is 14.0. The molecule has 9 heteroatoms. The molecular formula is C25H21FN4O4. The normalized spacial score (nSPS) is 13.9. The summed E-state index contributed by atoms with van der Waals surface area (Å²) in [5.74, 6) is -0.186. The van der Waals surface area contributed by atoms with Crippen molar-refractivity contribution >= 4 is 33.9 Å². The number of amides is 1. The highest BCUT2D eigenvalue weighted by atomic mass is 19.1. The third kappa shape index (κ3) is 3.55. The number of carbonyl (C=O) groups excluding carboxylic acids is 1. The van der Waals surface area contributed by atoms with Crippen LogP contribution in [0.2, 0.25) is 0 Å². The first kappa shape index (κ1) is 21.6. The smallest absolute Gasteiger partial charge is 0.253 e. The van der Waals surface area contributed by atoms with E-state index in [2.05, 4.69) is 15.3 Å². The van der Waals surface area contributed by atoms with Crippen molar-refractivity contribution in [1.29, 1.82) is 0 Å². The number of carbonyl (C=O) groups is 1. The number of fused-ring (bicyclic) bond motifs is 1. The number of aromatic nitrogens is 2. The Morgan fingerprint density at radius 3 is 2.71 bits per heavy atom. The summed E-state index contributed by atoms with van der Waals surface area (Å²) in [7, 11) is 1.55. The number of ether oxygens (including phenoxy) is 1. The Morgan fingerprint density at radius 1 is 1.18 bits per heavy atom. The fourth-order valence-corrected chi connectivity index (χ4v) is 4.42. The molecule has 0 unspecified atom stereocenters. The van der Waals surface area contributed by atoms with Gasteiger partial charge in [0.2, 0.25) is 5.91 Å². The monoisotopic (exact) mass is 460 g/mol. The molecule has 3 heterocycles. The molecule has 1 aliphatic heterocycles. The molecule has 5 rings (SSSR count). The van der Waals surface area contributed by atoms with E-state index >= 15 is 0 Å². The summed E-state index contributed by atoms with van der Waals surface area (Å²) >= 11 is 0. The first-order valence-corrected chi connectivity index (χ1v) is 10.7. The predicted octanol–water partition coefficient (Wildman–Crippen LogP) is 3.23. The summed E-state index contributed by atoms with van der Waals surface area (Å²) in [5, 5.41) is 3.29. The number of aromatic amines is 1. The van der Waals surface area contributed by atoms with Crippen molar-refractivity contribution in [2.24, 2.45) is 0 Å². The zero-order valence-corrected chi connectivity index (χ0v) is 18.6. The molecule has 0 saturated carbocycles. The molecule has 0 radical (unpaired) electrons. The molecule has 1 aliphatic rings. The Balaban J connectivity index is 1.47. The van der Waals surface area contributed by atoms with Crippen molar-refractivity contribution in [3.05, 3.63) is 74.6 Å². The van der Waals surface area contributed by atoms with Gasteiger partial charge in [0.05, 0.1) is 7.11 Å². The van der Waals surface area contributed by atoms with Gasteiger partial charge in [-0.3, -0.25) is 14.4 Å². The lowest BCUT2D eigenvalue weighted by molar-refractivity contribution is -0.114. The van der Waals surface area contributed by atoms with Gasteiger partial charge < -0.3 is 19.9 Å². The Hall–Kier alpha value is -4.27. The van der Waals surface area contributed by atoms with E-state index in [1.54, 1.807) is 24.3 Å². The van der Waals surface area contributed by atoms with Crippen LogP contribution in [0.1, 0.15) is 19.0 Å². The molecule has 4 aromatic rings.